The lowest BCUT2D eigenvalue weighted by molar-refractivity contribution is -0.134. The Kier molecular flexibility index (Phi) is 3.11. The summed E-state index contributed by atoms with van der Waals surface area (Å²) in [6, 6.07) is 0. The number of halogens is 4. The van der Waals surface area contributed by atoms with E-state index in [0.717, 1.165) is 0 Å². The van der Waals surface area contributed by atoms with Gasteiger partial charge in [-0.2, -0.15) is 13.2 Å². The summed E-state index contributed by atoms with van der Waals surface area (Å²) in [5, 5.41) is 0. The van der Waals surface area contributed by atoms with Gasteiger partial charge in [0.1, 0.15) is 5.82 Å². The third-order valence-corrected chi connectivity index (χ3v) is 1.72. The summed E-state index contributed by atoms with van der Waals surface area (Å²) < 4.78 is 48.5. The van der Waals surface area contributed by atoms with Crippen LogP contribution in [0.1, 0.15) is 17.9 Å². The van der Waals surface area contributed by atoms with E-state index >= 15 is 0 Å². The van der Waals surface area contributed by atoms with Gasteiger partial charge >= 0.3 is 6.18 Å². The van der Waals surface area contributed by atoms with Crippen molar-refractivity contribution in [2.75, 3.05) is 5.73 Å². The fourth-order valence-corrected chi connectivity index (χ4v) is 1.01. The Balaban J connectivity index is 2.80. The number of aryl methyl sites for hydroxylation is 2. The second-order valence-electron chi connectivity index (χ2n) is 3.04. The van der Waals surface area contributed by atoms with Crippen molar-refractivity contribution in [3.05, 3.63) is 17.3 Å². The molecule has 0 aliphatic heterocycles. The summed E-state index contributed by atoms with van der Waals surface area (Å²) in [5.74, 6) is -1.30. The molecule has 0 unspecified atom stereocenters. The van der Waals surface area contributed by atoms with E-state index in [0.29, 0.717) is 0 Å². The van der Waals surface area contributed by atoms with Crippen LogP contribution in [0.25, 0.3) is 0 Å². The van der Waals surface area contributed by atoms with Gasteiger partial charge in [-0.25, -0.2) is 14.4 Å². The minimum Gasteiger partial charge on any atom is -0.381 e. The van der Waals surface area contributed by atoms with Crippen LogP contribution in [0, 0.1) is 12.7 Å². The summed E-state index contributed by atoms with van der Waals surface area (Å²) in [6.07, 6.45) is -5.72. The van der Waals surface area contributed by atoms with Crippen LogP contribution in [0.15, 0.2) is 0 Å². The van der Waals surface area contributed by atoms with E-state index in [4.69, 9.17) is 5.73 Å². The molecule has 0 spiro atoms. The molecule has 1 aromatic heterocycles. The minimum absolute atomic E-state index is 0.0420. The molecule has 0 radical (unpaired) electrons. The van der Waals surface area contributed by atoms with Crippen molar-refractivity contribution in [3.63, 3.8) is 0 Å². The summed E-state index contributed by atoms with van der Waals surface area (Å²) in [6.45, 7) is 1.32. The third-order valence-electron chi connectivity index (χ3n) is 1.72. The van der Waals surface area contributed by atoms with Gasteiger partial charge in [0.05, 0.1) is 12.1 Å². The Morgan fingerprint density at radius 3 is 2.33 bits per heavy atom. The van der Waals surface area contributed by atoms with Crippen LogP contribution < -0.4 is 5.73 Å². The second kappa shape index (κ2) is 4.00. The lowest BCUT2D eigenvalue weighted by atomic mass is 10.2. The molecule has 0 fully saturated rings. The van der Waals surface area contributed by atoms with E-state index in [9.17, 15) is 17.6 Å². The molecule has 0 saturated heterocycles. The largest absolute Gasteiger partial charge is 0.389 e. The van der Waals surface area contributed by atoms with Gasteiger partial charge in [-0.05, 0) is 6.92 Å². The fraction of sp³-hybridized carbons (Fsp3) is 0.500. The summed E-state index contributed by atoms with van der Waals surface area (Å²) in [7, 11) is 0. The van der Waals surface area contributed by atoms with Crippen LogP contribution >= 0.6 is 0 Å². The third kappa shape index (κ3) is 3.34. The highest BCUT2D eigenvalue weighted by Gasteiger charge is 2.27. The van der Waals surface area contributed by atoms with Gasteiger partial charge < -0.3 is 5.73 Å². The van der Waals surface area contributed by atoms with Crippen molar-refractivity contribution < 1.29 is 17.6 Å². The molecule has 84 valence electrons. The standard InChI is InChI=1S/C8H9F4N3/c1-4-6(9)7(13)15-5(14-4)2-3-8(10,11)12/h2-3H2,1H3,(H2,13,14,15). The van der Waals surface area contributed by atoms with Crippen molar-refractivity contribution >= 4 is 5.82 Å². The second-order valence-corrected chi connectivity index (χ2v) is 3.04. The predicted octanol–water partition coefficient (Wildman–Crippen LogP) is 2.00. The number of hydrogen-bond acceptors (Lipinski definition) is 3. The number of hydrogen-bond donors (Lipinski definition) is 1. The van der Waals surface area contributed by atoms with Crippen molar-refractivity contribution in [1.29, 1.82) is 0 Å². The maximum atomic E-state index is 12.9. The van der Waals surface area contributed by atoms with E-state index in [1.54, 1.807) is 0 Å². The van der Waals surface area contributed by atoms with Crippen LogP contribution in [0.2, 0.25) is 0 Å². The zero-order valence-corrected chi connectivity index (χ0v) is 7.90. The number of anilines is 1. The highest BCUT2D eigenvalue weighted by Crippen LogP contribution is 2.21. The van der Waals surface area contributed by atoms with E-state index in [1.807, 2.05) is 0 Å². The highest BCUT2D eigenvalue weighted by atomic mass is 19.4. The maximum Gasteiger partial charge on any atom is 0.389 e. The quantitative estimate of drug-likeness (QED) is 0.780. The molecule has 1 rings (SSSR count). The van der Waals surface area contributed by atoms with Gasteiger partial charge in [0.15, 0.2) is 11.6 Å². The van der Waals surface area contributed by atoms with Gasteiger partial charge in [0.2, 0.25) is 0 Å². The molecule has 1 heterocycles. The predicted molar refractivity (Wildman–Crippen MR) is 45.5 cm³/mol. The van der Waals surface area contributed by atoms with Gasteiger partial charge in [-0.1, -0.05) is 0 Å². The molecule has 0 aliphatic rings. The Morgan fingerprint density at radius 2 is 1.87 bits per heavy atom. The van der Waals surface area contributed by atoms with Gasteiger partial charge in [-0.15, -0.1) is 0 Å². The average molecular weight is 223 g/mol. The Hall–Kier alpha value is -1.40. The molecule has 15 heavy (non-hydrogen) atoms. The molecule has 0 amide bonds. The van der Waals surface area contributed by atoms with Crippen molar-refractivity contribution in [1.82, 2.24) is 9.97 Å². The first-order chi connectivity index (χ1) is 6.79. The van der Waals surface area contributed by atoms with Crippen LogP contribution in [-0.2, 0) is 6.42 Å². The smallest absolute Gasteiger partial charge is 0.381 e. The first-order valence-corrected chi connectivity index (χ1v) is 4.15. The first-order valence-electron chi connectivity index (χ1n) is 4.15. The van der Waals surface area contributed by atoms with Crippen LogP contribution in [-0.4, -0.2) is 16.1 Å². The van der Waals surface area contributed by atoms with Gasteiger partial charge in [-0.3, -0.25) is 0 Å². The highest BCUT2D eigenvalue weighted by molar-refractivity contribution is 5.31. The summed E-state index contributed by atoms with van der Waals surface area (Å²) in [4.78, 5) is 7.00. The number of alkyl halides is 3. The zero-order chi connectivity index (χ0) is 11.6. The normalized spacial score (nSPS) is 11.8. The van der Waals surface area contributed by atoms with Crippen LogP contribution in [0.3, 0.4) is 0 Å². The van der Waals surface area contributed by atoms with Gasteiger partial charge in [0, 0.05) is 6.42 Å². The number of rotatable bonds is 2. The lowest BCUT2D eigenvalue weighted by Gasteiger charge is -2.06. The molecule has 0 saturated carbocycles. The molecule has 0 aromatic carbocycles. The van der Waals surface area contributed by atoms with E-state index in [-0.39, 0.29) is 11.5 Å². The van der Waals surface area contributed by atoms with E-state index < -0.39 is 30.7 Å². The Bertz CT molecular complexity index is 338. The molecular weight excluding hydrogens is 214 g/mol. The van der Waals surface area contributed by atoms with Gasteiger partial charge in [0.25, 0.3) is 0 Å². The summed E-state index contributed by atoms with van der Waals surface area (Å²) in [5.41, 5.74) is 5.11. The average Bonchev–Trinajstić information content (AvgIpc) is 2.09. The number of nitrogens with two attached hydrogens (primary N) is 1. The molecule has 3 nitrogen and oxygen atoms in total. The lowest BCUT2D eigenvalue weighted by Crippen LogP contribution is -2.12. The summed E-state index contributed by atoms with van der Waals surface area (Å²) >= 11 is 0. The fourth-order valence-electron chi connectivity index (χ4n) is 1.01. The van der Waals surface area contributed by atoms with E-state index in [2.05, 4.69) is 9.97 Å². The monoisotopic (exact) mass is 223 g/mol. The van der Waals surface area contributed by atoms with Crippen LogP contribution in [0.4, 0.5) is 23.4 Å². The molecule has 0 aliphatic carbocycles. The Labute approximate surface area is 83.3 Å². The van der Waals surface area contributed by atoms with Crippen molar-refractivity contribution in [2.24, 2.45) is 0 Å². The van der Waals surface area contributed by atoms with Crippen LogP contribution in [0.5, 0.6) is 0 Å². The number of nitrogen functional groups attached to an aromatic ring is 1. The molecule has 0 bridgehead atoms. The molecule has 7 heteroatoms. The molecule has 1 aromatic rings. The molecular formula is C8H9F4N3. The molecule has 0 atom stereocenters. The minimum atomic E-state index is -4.28. The van der Waals surface area contributed by atoms with Crippen molar-refractivity contribution in [2.45, 2.75) is 25.9 Å². The SMILES string of the molecule is Cc1nc(CCC(F)(F)F)nc(N)c1F. The number of aromatic nitrogens is 2. The van der Waals surface area contributed by atoms with Crippen molar-refractivity contribution in [3.8, 4) is 0 Å². The Morgan fingerprint density at radius 1 is 1.27 bits per heavy atom. The van der Waals surface area contributed by atoms with E-state index in [1.165, 1.54) is 6.92 Å². The topological polar surface area (TPSA) is 51.8 Å². The molecule has 2 N–H and O–H groups in total. The number of nitrogens with zero attached hydrogens (tertiary/aromatic N) is 2. The maximum absolute atomic E-state index is 12.9. The zero-order valence-electron chi connectivity index (χ0n) is 7.90. The first kappa shape index (κ1) is 11.7.